The number of sulfonamides is 1. The number of carbonyl (C=O) groups is 1. The molecule has 3 aromatic carbocycles. The third kappa shape index (κ3) is 4.47. The molecule has 7 heteroatoms. The van der Waals surface area contributed by atoms with Crippen LogP contribution in [0.3, 0.4) is 0 Å². The van der Waals surface area contributed by atoms with Crippen LogP contribution in [-0.4, -0.2) is 31.8 Å². The quantitative estimate of drug-likeness (QED) is 0.269. The highest BCUT2D eigenvalue weighted by Crippen LogP contribution is 2.44. The molecule has 5 nitrogen and oxygen atoms in total. The standard InChI is InChI=1S/C29H26BrNO4S/c1-18-7-13-24(14-8-18)36(33,34)31-16-25-19(2)15-22-5-4-6-27(28(22)20(3)26(25)17-31)35-29(32)21-9-11-23(30)12-10-21/h4-15,25H,16-17H2,1-3H3/t25-/m0/s1. The van der Waals surface area contributed by atoms with Crippen LogP contribution in [0.1, 0.15) is 40.9 Å². The van der Waals surface area contributed by atoms with E-state index >= 15 is 0 Å². The Bertz CT molecular complexity index is 1520. The molecule has 184 valence electrons. The highest BCUT2D eigenvalue weighted by Gasteiger charge is 2.39. The predicted molar refractivity (Wildman–Crippen MR) is 145 cm³/mol. The Hall–Kier alpha value is -3.00. The van der Waals surface area contributed by atoms with Crippen molar-refractivity contribution in [2.75, 3.05) is 13.1 Å². The Labute approximate surface area is 220 Å². The molecule has 0 unspecified atom stereocenters. The number of halogens is 1. The van der Waals surface area contributed by atoms with E-state index < -0.39 is 16.0 Å². The first-order valence-corrected chi connectivity index (χ1v) is 13.9. The number of esters is 1. The second-order valence-electron chi connectivity index (χ2n) is 9.32. The molecular formula is C29H26BrNO4S. The zero-order valence-electron chi connectivity index (χ0n) is 20.3. The number of benzene rings is 3. The summed E-state index contributed by atoms with van der Waals surface area (Å²) in [5, 5.41) is 0. The van der Waals surface area contributed by atoms with Gasteiger partial charge in [0.15, 0.2) is 0 Å². The van der Waals surface area contributed by atoms with Crippen molar-refractivity contribution in [3.63, 3.8) is 0 Å². The lowest BCUT2D eigenvalue weighted by Gasteiger charge is -2.17. The molecule has 1 atom stereocenters. The van der Waals surface area contributed by atoms with Crippen LogP contribution in [0, 0.1) is 12.8 Å². The minimum atomic E-state index is -3.64. The molecule has 0 amide bonds. The average Bonchev–Trinajstić information content (AvgIpc) is 3.28. The summed E-state index contributed by atoms with van der Waals surface area (Å²) in [7, 11) is -3.64. The maximum atomic E-state index is 13.4. The first kappa shape index (κ1) is 24.7. The van der Waals surface area contributed by atoms with Crippen LogP contribution in [0.4, 0.5) is 0 Å². The molecule has 2 aliphatic rings. The van der Waals surface area contributed by atoms with Gasteiger partial charge in [-0.25, -0.2) is 13.2 Å². The van der Waals surface area contributed by atoms with Gasteiger partial charge in [0.25, 0.3) is 0 Å². The highest BCUT2D eigenvalue weighted by molar-refractivity contribution is 9.10. The van der Waals surface area contributed by atoms with Gasteiger partial charge >= 0.3 is 5.97 Å². The number of hydrogen-bond acceptors (Lipinski definition) is 4. The van der Waals surface area contributed by atoms with Crippen molar-refractivity contribution in [3.8, 4) is 5.75 Å². The Kier molecular flexibility index (Phi) is 6.49. The van der Waals surface area contributed by atoms with Crippen LogP contribution < -0.4 is 4.74 Å². The van der Waals surface area contributed by atoms with Gasteiger partial charge in [-0.15, -0.1) is 0 Å². The van der Waals surface area contributed by atoms with E-state index in [-0.39, 0.29) is 5.92 Å². The van der Waals surface area contributed by atoms with Crippen molar-refractivity contribution in [1.29, 1.82) is 0 Å². The summed E-state index contributed by atoms with van der Waals surface area (Å²) >= 11 is 3.38. The molecule has 1 aliphatic carbocycles. The number of allylic oxidation sites excluding steroid dienone is 1. The second-order valence-corrected chi connectivity index (χ2v) is 12.2. The maximum Gasteiger partial charge on any atom is 0.343 e. The van der Waals surface area contributed by atoms with Gasteiger partial charge < -0.3 is 4.74 Å². The number of fused-ring (bicyclic) bond motifs is 2. The molecule has 0 radical (unpaired) electrons. The van der Waals surface area contributed by atoms with Crippen LogP contribution in [0.2, 0.25) is 0 Å². The molecular weight excluding hydrogens is 538 g/mol. The van der Waals surface area contributed by atoms with Crippen molar-refractivity contribution in [1.82, 2.24) is 4.31 Å². The molecule has 0 N–H and O–H groups in total. The van der Waals surface area contributed by atoms with E-state index in [4.69, 9.17) is 4.74 Å². The molecule has 1 aliphatic heterocycles. The third-order valence-corrected chi connectivity index (χ3v) is 9.30. The number of nitrogens with zero attached hydrogens (tertiary/aromatic N) is 1. The molecule has 5 rings (SSSR count). The third-order valence-electron chi connectivity index (χ3n) is 6.94. The zero-order chi connectivity index (χ0) is 25.6. The fourth-order valence-corrected chi connectivity index (χ4v) is 6.62. The molecule has 0 saturated carbocycles. The summed E-state index contributed by atoms with van der Waals surface area (Å²) in [6.45, 7) is 6.65. The van der Waals surface area contributed by atoms with E-state index in [0.717, 1.165) is 37.9 Å². The van der Waals surface area contributed by atoms with E-state index in [1.165, 1.54) is 0 Å². The predicted octanol–water partition coefficient (Wildman–Crippen LogP) is 6.49. The van der Waals surface area contributed by atoms with Gasteiger partial charge in [-0.1, -0.05) is 57.4 Å². The largest absolute Gasteiger partial charge is 0.422 e. The van der Waals surface area contributed by atoms with Crippen LogP contribution in [0.15, 0.2) is 87.2 Å². The number of ether oxygens (including phenoxy) is 1. The molecule has 1 heterocycles. The molecule has 0 bridgehead atoms. The number of carbonyl (C=O) groups excluding carboxylic acids is 1. The van der Waals surface area contributed by atoms with E-state index in [9.17, 15) is 13.2 Å². The molecule has 0 spiro atoms. The van der Waals surface area contributed by atoms with Gasteiger partial charge in [-0.2, -0.15) is 4.31 Å². The lowest BCUT2D eigenvalue weighted by Crippen LogP contribution is -2.29. The van der Waals surface area contributed by atoms with Crippen molar-refractivity contribution in [2.45, 2.75) is 25.7 Å². The van der Waals surface area contributed by atoms with Crippen molar-refractivity contribution in [2.24, 2.45) is 5.92 Å². The molecule has 36 heavy (non-hydrogen) atoms. The second kappa shape index (κ2) is 9.47. The lowest BCUT2D eigenvalue weighted by molar-refractivity contribution is 0.0734. The summed E-state index contributed by atoms with van der Waals surface area (Å²) < 4.78 is 35.2. The molecule has 3 aromatic rings. The van der Waals surface area contributed by atoms with E-state index in [2.05, 4.69) is 22.0 Å². The monoisotopic (exact) mass is 563 g/mol. The van der Waals surface area contributed by atoms with E-state index in [1.807, 2.05) is 45.0 Å². The molecule has 1 fully saturated rings. The fourth-order valence-electron chi connectivity index (χ4n) is 4.93. The highest BCUT2D eigenvalue weighted by atomic mass is 79.9. The normalized spacial score (nSPS) is 17.8. The first-order chi connectivity index (χ1) is 17.1. The van der Waals surface area contributed by atoms with Crippen LogP contribution in [0.5, 0.6) is 5.75 Å². The van der Waals surface area contributed by atoms with Gasteiger partial charge in [0, 0.05) is 29.0 Å². The SMILES string of the molecule is CC1=Cc2cccc(OC(=O)c3ccc(Br)cc3)c2C(C)=C2CN(S(=O)(=O)c3ccc(C)cc3)C[C@@H]12. The number of aryl methyl sites for hydroxylation is 1. The first-order valence-electron chi connectivity index (χ1n) is 11.7. The Morgan fingerprint density at radius 2 is 1.67 bits per heavy atom. The average molecular weight is 565 g/mol. The zero-order valence-corrected chi connectivity index (χ0v) is 22.7. The van der Waals surface area contributed by atoms with Gasteiger partial charge in [-0.05, 0) is 79.9 Å². The van der Waals surface area contributed by atoms with Crippen molar-refractivity contribution >= 4 is 43.6 Å². The van der Waals surface area contributed by atoms with Gasteiger partial charge in [-0.3, -0.25) is 0 Å². The van der Waals surface area contributed by atoms with Crippen molar-refractivity contribution < 1.29 is 17.9 Å². The Morgan fingerprint density at radius 1 is 0.972 bits per heavy atom. The topological polar surface area (TPSA) is 63.7 Å². The smallest absolute Gasteiger partial charge is 0.343 e. The minimum Gasteiger partial charge on any atom is -0.422 e. The van der Waals surface area contributed by atoms with Gasteiger partial charge in [0.05, 0.1) is 10.5 Å². The number of rotatable bonds is 4. The van der Waals surface area contributed by atoms with Gasteiger partial charge in [0.2, 0.25) is 10.0 Å². The lowest BCUT2D eigenvalue weighted by atomic mass is 9.91. The van der Waals surface area contributed by atoms with E-state index in [1.54, 1.807) is 46.8 Å². The van der Waals surface area contributed by atoms with Crippen molar-refractivity contribution in [3.05, 3.63) is 105 Å². The number of hydrogen-bond donors (Lipinski definition) is 0. The molecule has 1 saturated heterocycles. The summed E-state index contributed by atoms with van der Waals surface area (Å²) in [6.07, 6.45) is 2.08. The summed E-state index contributed by atoms with van der Waals surface area (Å²) in [4.78, 5) is 13.2. The minimum absolute atomic E-state index is 0.0346. The summed E-state index contributed by atoms with van der Waals surface area (Å²) in [5.41, 5.74) is 6.32. The van der Waals surface area contributed by atoms with Crippen LogP contribution in [-0.2, 0) is 10.0 Å². The van der Waals surface area contributed by atoms with Crippen LogP contribution in [0.25, 0.3) is 11.6 Å². The van der Waals surface area contributed by atoms with Gasteiger partial charge in [0.1, 0.15) is 5.75 Å². The Balaban J connectivity index is 1.52. The fraction of sp³-hybridized carbons (Fsp3) is 0.207. The molecule has 0 aromatic heterocycles. The summed E-state index contributed by atoms with van der Waals surface area (Å²) in [6, 6.07) is 19.7. The van der Waals surface area contributed by atoms with E-state index in [0.29, 0.717) is 29.3 Å². The Morgan fingerprint density at radius 3 is 2.36 bits per heavy atom. The summed E-state index contributed by atoms with van der Waals surface area (Å²) in [5.74, 6) is -0.00666. The van der Waals surface area contributed by atoms with Crippen LogP contribution >= 0.6 is 15.9 Å². The maximum absolute atomic E-state index is 13.4.